The lowest BCUT2D eigenvalue weighted by atomic mass is 10.2. The predicted octanol–water partition coefficient (Wildman–Crippen LogP) is 1.92. The molecule has 0 fully saturated rings. The average Bonchev–Trinajstić information content (AvgIpc) is 2.15. The van der Waals surface area contributed by atoms with Gasteiger partial charge in [0.1, 0.15) is 0 Å². The Kier molecular flexibility index (Phi) is 1.69. The van der Waals surface area contributed by atoms with Crippen molar-refractivity contribution < 1.29 is 0 Å². The van der Waals surface area contributed by atoms with Crippen LogP contribution in [0.15, 0.2) is 35.3 Å². The molecule has 13 heavy (non-hydrogen) atoms. The van der Waals surface area contributed by atoms with Crippen LogP contribution in [0.5, 0.6) is 0 Å². The van der Waals surface area contributed by atoms with E-state index in [1.165, 1.54) is 0 Å². The smallest absolute Gasteiger partial charge is 0.257 e. The molecule has 2 nitrogen and oxygen atoms in total. The molecule has 2 aromatic heterocycles. The zero-order chi connectivity index (χ0) is 9.42. The van der Waals surface area contributed by atoms with E-state index in [1.54, 1.807) is 10.6 Å². The standard InChI is InChI=1S/C11H11NO/c1-8-7-9(2)11(13)12-6-4-3-5-10(8)12/h3-7H,1-2H3. The maximum absolute atomic E-state index is 11.6. The average molecular weight is 173 g/mol. The summed E-state index contributed by atoms with van der Waals surface area (Å²) in [6.45, 7) is 3.86. The number of nitrogens with zero attached hydrogens (tertiary/aromatic N) is 1. The maximum Gasteiger partial charge on any atom is 0.257 e. The molecule has 2 rings (SSSR count). The summed E-state index contributed by atoms with van der Waals surface area (Å²) in [4.78, 5) is 11.6. The van der Waals surface area contributed by atoms with Gasteiger partial charge in [0.15, 0.2) is 0 Å². The molecule has 0 amide bonds. The van der Waals surface area contributed by atoms with E-state index in [2.05, 4.69) is 0 Å². The van der Waals surface area contributed by atoms with Crippen molar-refractivity contribution in [1.82, 2.24) is 4.40 Å². The van der Waals surface area contributed by atoms with E-state index in [0.717, 1.165) is 16.6 Å². The molecule has 2 aromatic rings. The second kappa shape index (κ2) is 2.73. The van der Waals surface area contributed by atoms with E-state index >= 15 is 0 Å². The highest BCUT2D eigenvalue weighted by atomic mass is 16.1. The molecular weight excluding hydrogens is 162 g/mol. The van der Waals surface area contributed by atoms with Crippen LogP contribution in [0.25, 0.3) is 5.52 Å². The summed E-state index contributed by atoms with van der Waals surface area (Å²) >= 11 is 0. The molecule has 0 aromatic carbocycles. The Bertz CT molecular complexity index is 511. The van der Waals surface area contributed by atoms with Gasteiger partial charge in [-0.1, -0.05) is 6.07 Å². The summed E-state index contributed by atoms with van der Waals surface area (Å²) in [5, 5.41) is 0. The molecule has 0 aliphatic heterocycles. The molecule has 0 unspecified atom stereocenters. The van der Waals surface area contributed by atoms with Crippen LogP contribution in [-0.2, 0) is 0 Å². The van der Waals surface area contributed by atoms with Gasteiger partial charge in [-0.3, -0.25) is 9.20 Å². The highest BCUT2D eigenvalue weighted by Gasteiger charge is 2.00. The lowest BCUT2D eigenvalue weighted by molar-refractivity contribution is 1.05. The topological polar surface area (TPSA) is 21.5 Å². The van der Waals surface area contributed by atoms with Gasteiger partial charge in [0, 0.05) is 11.8 Å². The molecule has 0 atom stereocenters. The van der Waals surface area contributed by atoms with E-state index in [1.807, 2.05) is 38.1 Å². The van der Waals surface area contributed by atoms with Gasteiger partial charge in [0.05, 0.1) is 5.52 Å². The van der Waals surface area contributed by atoms with Crippen LogP contribution in [0.4, 0.5) is 0 Å². The third-order valence-corrected chi connectivity index (χ3v) is 2.25. The van der Waals surface area contributed by atoms with Gasteiger partial charge in [0.2, 0.25) is 0 Å². The van der Waals surface area contributed by atoms with E-state index in [-0.39, 0.29) is 5.56 Å². The Morgan fingerprint density at radius 2 is 1.92 bits per heavy atom. The molecule has 0 bridgehead atoms. The van der Waals surface area contributed by atoms with Gasteiger partial charge < -0.3 is 0 Å². The lowest BCUT2D eigenvalue weighted by Crippen LogP contribution is -2.16. The number of aryl methyl sites for hydroxylation is 2. The molecule has 2 heteroatoms. The number of hydrogen-bond acceptors (Lipinski definition) is 1. The minimum absolute atomic E-state index is 0.0706. The van der Waals surface area contributed by atoms with E-state index in [9.17, 15) is 4.79 Å². The highest BCUT2D eigenvalue weighted by Crippen LogP contribution is 2.07. The first kappa shape index (κ1) is 8.05. The fraction of sp³-hybridized carbons (Fsp3) is 0.182. The van der Waals surface area contributed by atoms with E-state index < -0.39 is 0 Å². The lowest BCUT2D eigenvalue weighted by Gasteiger charge is -2.04. The summed E-state index contributed by atoms with van der Waals surface area (Å²) in [6.07, 6.45) is 1.80. The Morgan fingerprint density at radius 1 is 1.15 bits per heavy atom. The first-order valence-corrected chi connectivity index (χ1v) is 4.28. The van der Waals surface area contributed by atoms with E-state index in [4.69, 9.17) is 0 Å². The number of pyridine rings is 2. The van der Waals surface area contributed by atoms with Crippen molar-refractivity contribution in [3.8, 4) is 0 Å². The Labute approximate surface area is 76.5 Å². The van der Waals surface area contributed by atoms with Gasteiger partial charge in [0.25, 0.3) is 5.56 Å². The highest BCUT2D eigenvalue weighted by molar-refractivity contribution is 5.54. The summed E-state index contributed by atoms with van der Waals surface area (Å²) in [5.74, 6) is 0. The van der Waals surface area contributed by atoms with Crippen LogP contribution >= 0.6 is 0 Å². The van der Waals surface area contributed by atoms with Gasteiger partial charge in [-0.05, 0) is 37.6 Å². The van der Waals surface area contributed by atoms with Crippen LogP contribution in [0.2, 0.25) is 0 Å². The third kappa shape index (κ3) is 1.15. The normalized spacial score (nSPS) is 10.6. The predicted molar refractivity (Wildman–Crippen MR) is 53.1 cm³/mol. The third-order valence-electron chi connectivity index (χ3n) is 2.25. The number of fused-ring (bicyclic) bond motifs is 1. The Hall–Kier alpha value is -1.57. The Morgan fingerprint density at radius 3 is 2.69 bits per heavy atom. The molecule has 0 aliphatic carbocycles. The van der Waals surface area contributed by atoms with Crippen molar-refractivity contribution in [2.24, 2.45) is 0 Å². The maximum atomic E-state index is 11.6. The molecule has 0 spiro atoms. The van der Waals surface area contributed by atoms with Crippen molar-refractivity contribution in [3.63, 3.8) is 0 Å². The van der Waals surface area contributed by atoms with Crippen molar-refractivity contribution in [2.45, 2.75) is 13.8 Å². The van der Waals surface area contributed by atoms with Crippen LogP contribution < -0.4 is 5.56 Å². The zero-order valence-corrected chi connectivity index (χ0v) is 7.74. The minimum atomic E-state index is 0.0706. The minimum Gasteiger partial charge on any atom is -0.284 e. The SMILES string of the molecule is Cc1cc(C)c2ccccn2c1=O. The molecule has 66 valence electrons. The molecule has 0 N–H and O–H groups in total. The van der Waals surface area contributed by atoms with Gasteiger partial charge >= 0.3 is 0 Å². The van der Waals surface area contributed by atoms with Crippen molar-refractivity contribution in [1.29, 1.82) is 0 Å². The van der Waals surface area contributed by atoms with Crippen molar-refractivity contribution in [3.05, 3.63) is 51.9 Å². The molecule has 2 heterocycles. The van der Waals surface area contributed by atoms with E-state index in [0.29, 0.717) is 0 Å². The van der Waals surface area contributed by atoms with Crippen molar-refractivity contribution in [2.75, 3.05) is 0 Å². The van der Waals surface area contributed by atoms with Crippen LogP contribution in [0.1, 0.15) is 11.1 Å². The summed E-state index contributed by atoms with van der Waals surface area (Å²) in [7, 11) is 0. The van der Waals surface area contributed by atoms with Gasteiger partial charge in [-0.2, -0.15) is 0 Å². The van der Waals surface area contributed by atoms with Gasteiger partial charge in [-0.25, -0.2) is 0 Å². The first-order chi connectivity index (χ1) is 6.20. The second-order valence-corrected chi connectivity index (χ2v) is 3.27. The Balaban J connectivity index is 3.06. The van der Waals surface area contributed by atoms with Crippen LogP contribution in [-0.4, -0.2) is 4.40 Å². The number of rotatable bonds is 0. The largest absolute Gasteiger partial charge is 0.284 e. The van der Waals surface area contributed by atoms with Crippen LogP contribution in [0.3, 0.4) is 0 Å². The molecular formula is C11H11NO. The monoisotopic (exact) mass is 173 g/mol. The quantitative estimate of drug-likeness (QED) is 0.596. The fourth-order valence-corrected chi connectivity index (χ4v) is 1.59. The fourth-order valence-electron chi connectivity index (χ4n) is 1.59. The van der Waals surface area contributed by atoms with Crippen LogP contribution in [0, 0.1) is 13.8 Å². The molecule has 0 radical (unpaired) electrons. The first-order valence-electron chi connectivity index (χ1n) is 4.28. The summed E-state index contributed by atoms with van der Waals surface area (Å²) < 4.78 is 1.69. The van der Waals surface area contributed by atoms with Gasteiger partial charge in [-0.15, -0.1) is 0 Å². The molecule has 0 saturated carbocycles. The number of aromatic nitrogens is 1. The molecule has 0 saturated heterocycles. The zero-order valence-electron chi connectivity index (χ0n) is 7.74. The molecule has 0 aliphatic rings. The number of hydrogen-bond donors (Lipinski definition) is 0. The summed E-state index contributed by atoms with van der Waals surface area (Å²) in [6, 6.07) is 7.69. The van der Waals surface area contributed by atoms with Crippen molar-refractivity contribution >= 4 is 5.52 Å². The summed E-state index contributed by atoms with van der Waals surface area (Å²) in [5.41, 5.74) is 2.98. The second-order valence-electron chi connectivity index (χ2n) is 3.27.